The minimum Gasteiger partial charge on any atom is -0.356 e. The van der Waals surface area contributed by atoms with Crippen molar-refractivity contribution in [1.29, 1.82) is 0 Å². The van der Waals surface area contributed by atoms with Crippen molar-refractivity contribution in [3.63, 3.8) is 0 Å². The van der Waals surface area contributed by atoms with Crippen LogP contribution in [0, 0.1) is 25.2 Å². The first kappa shape index (κ1) is 30.8. The molecule has 33 heavy (non-hydrogen) atoms. The van der Waals surface area contributed by atoms with Crippen LogP contribution in [0.15, 0.2) is 60.7 Å². The van der Waals surface area contributed by atoms with E-state index in [-0.39, 0.29) is 39.2 Å². The molecule has 0 bridgehead atoms. The number of carbonyl (C=O) groups excluding carboxylic acids is 2. The fourth-order valence-electron chi connectivity index (χ4n) is 4.20. The summed E-state index contributed by atoms with van der Waals surface area (Å²) >= 11 is 0. The first-order valence-corrected chi connectivity index (χ1v) is 11.5. The number of unbranched alkanes of at least 4 members (excludes halogenated alkanes) is 1. The number of nitrogens with one attached hydrogen (secondary N) is 2. The molecule has 1 fully saturated rings. The zero-order chi connectivity index (χ0) is 23.8. The van der Waals surface area contributed by atoms with E-state index in [0.29, 0.717) is 5.92 Å². The van der Waals surface area contributed by atoms with E-state index in [1.54, 1.807) is 0 Å². The van der Waals surface area contributed by atoms with Crippen molar-refractivity contribution in [2.75, 3.05) is 0 Å². The average Bonchev–Trinajstić information content (AvgIpc) is 2.75. The Kier molecular flexibility index (Phi) is 16.2. The summed E-state index contributed by atoms with van der Waals surface area (Å²) < 4.78 is 0. The third-order valence-electron chi connectivity index (χ3n) is 5.72. The van der Waals surface area contributed by atoms with E-state index < -0.39 is 0 Å². The van der Waals surface area contributed by atoms with E-state index in [2.05, 4.69) is 45.3 Å². The quantitative estimate of drug-likeness (QED) is 0.306. The van der Waals surface area contributed by atoms with Gasteiger partial charge < -0.3 is 10.6 Å². The van der Waals surface area contributed by atoms with Gasteiger partial charge in [0.05, 0.1) is 0 Å². The third kappa shape index (κ3) is 13.2. The molecule has 2 atom stereocenters. The van der Waals surface area contributed by atoms with Crippen LogP contribution >= 0.6 is 0 Å². The Hall–Kier alpha value is -2.17. The van der Waals surface area contributed by atoms with Crippen LogP contribution in [0.2, 0.25) is 0 Å². The average molecular weight is 485 g/mol. The molecule has 2 N–H and O–H groups in total. The molecule has 1 saturated carbocycles. The molecular formula is C28H40N2O2Ti. The predicted molar refractivity (Wildman–Crippen MR) is 134 cm³/mol. The third-order valence-corrected chi connectivity index (χ3v) is 5.72. The molecule has 2 unspecified atom stereocenters. The van der Waals surface area contributed by atoms with Gasteiger partial charge in [-0.1, -0.05) is 45.7 Å². The Labute approximate surface area is 216 Å². The Bertz CT molecular complexity index is 694. The van der Waals surface area contributed by atoms with Crippen LogP contribution in [-0.2, 0) is 31.3 Å². The molecule has 1 aliphatic rings. The fourth-order valence-corrected chi connectivity index (χ4v) is 4.20. The summed E-state index contributed by atoms with van der Waals surface area (Å²) in [5.74, 6) is 0.355. The molecule has 0 heterocycles. The van der Waals surface area contributed by atoms with Crippen LogP contribution < -0.4 is 10.6 Å². The summed E-state index contributed by atoms with van der Waals surface area (Å²) in [6.07, 6.45) is 6.89. The molecule has 2 amide bonds. The molecular weight excluding hydrogens is 444 g/mol. The second-order valence-electron chi connectivity index (χ2n) is 9.13. The standard InChI is InChI=1S/C14H26N2O2.2C7H7.Ti/c1-4-5-6-11-12(15-9-17)7-14(2,3)8-13(11)16-10-18;2*1-7-5-3-2-4-6-7;/h9-13H,4-8H2,1-3H3,(H,15,17)(H,16,18);2*2-6H,1H2;/q;2*-1;+2. The van der Waals surface area contributed by atoms with Crippen molar-refractivity contribution in [2.45, 2.75) is 65.0 Å². The largest absolute Gasteiger partial charge is 2.00 e. The van der Waals surface area contributed by atoms with E-state index in [0.717, 1.165) is 56.1 Å². The second-order valence-corrected chi connectivity index (χ2v) is 9.13. The number of benzene rings is 2. The molecule has 0 saturated heterocycles. The van der Waals surface area contributed by atoms with Gasteiger partial charge in [-0.2, -0.15) is 49.2 Å². The van der Waals surface area contributed by atoms with Crippen LogP contribution in [0.5, 0.6) is 0 Å². The summed E-state index contributed by atoms with van der Waals surface area (Å²) in [5, 5.41) is 5.90. The van der Waals surface area contributed by atoms with E-state index in [9.17, 15) is 9.59 Å². The Balaban J connectivity index is 0.000000556. The van der Waals surface area contributed by atoms with Crippen molar-refractivity contribution < 1.29 is 31.3 Å². The predicted octanol–water partition coefficient (Wildman–Crippen LogP) is 5.58. The Morgan fingerprint density at radius 1 is 0.848 bits per heavy atom. The first-order valence-electron chi connectivity index (χ1n) is 11.5. The maximum absolute atomic E-state index is 10.8. The molecule has 0 aromatic heterocycles. The van der Waals surface area contributed by atoms with Gasteiger partial charge in [0, 0.05) is 12.1 Å². The number of hydrogen-bond acceptors (Lipinski definition) is 2. The molecule has 0 spiro atoms. The summed E-state index contributed by atoms with van der Waals surface area (Å²) in [4.78, 5) is 21.5. The van der Waals surface area contributed by atoms with Gasteiger partial charge in [0.2, 0.25) is 12.8 Å². The van der Waals surface area contributed by atoms with E-state index in [1.807, 2.05) is 60.7 Å². The number of hydrogen-bond donors (Lipinski definition) is 2. The van der Waals surface area contributed by atoms with E-state index >= 15 is 0 Å². The molecule has 2 aromatic rings. The summed E-state index contributed by atoms with van der Waals surface area (Å²) in [6.45, 7) is 14.0. The smallest absolute Gasteiger partial charge is 0.356 e. The van der Waals surface area contributed by atoms with Gasteiger partial charge in [-0.25, -0.2) is 0 Å². The molecule has 0 radical (unpaired) electrons. The molecule has 3 rings (SSSR count). The van der Waals surface area contributed by atoms with Crippen molar-refractivity contribution in [3.8, 4) is 0 Å². The summed E-state index contributed by atoms with van der Waals surface area (Å²) in [5.41, 5.74) is 2.30. The molecule has 5 heteroatoms. The van der Waals surface area contributed by atoms with Gasteiger partial charge in [-0.15, -0.1) is 24.3 Å². The SMILES string of the molecule is CCCCC1C(NC=O)CC(C)(C)CC1NC=O.[CH2-]c1ccccc1.[CH2-]c1ccccc1.[Ti+2]. The van der Waals surface area contributed by atoms with Gasteiger partial charge in [0.25, 0.3) is 0 Å². The van der Waals surface area contributed by atoms with E-state index in [4.69, 9.17) is 0 Å². The zero-order valence-corrected chi connectivity index (χ0v) is 22.0. The molecule has 2 aromatic carbocycles. The van der Waals surface area contributed by atoms with Gasteiger partial charge in [0.1, 0.15) is 0 Å². The minimum atomic E-state index is 0. The Morgan fingerprint density at radius 2 is 1.24 bits per heavy atom. The normalized spacial score (nSPS) is 20.3. The van der Waals surface area contributed by atoms with Crippen molar-refractivity contribution in [2.24, 2.45) is 11.3 Å². The summed E-state index contributed by atoms with van der Waals surface area (Å²) in [6, 6.07) is 20.1. The van der Waals surface area contributed by atoms with E-state index in [1.165, 1.54) is 0 Å². The molecule has 4 nitrogen and oxygen atoms in total. The van der Waals surface area contributed by atoms with Gasteiger partial charge in [-0.05, 0) is 30.6 Å². The van der Waals surface area contributed by atoms with Crippen molar-refractivity contribution >= 4 is 12.8 Å². The Morgan fingerprint density at radius 3 is 1.52 bits per heavy atom. The summed E-state index contributed by atoms with van der Waals surface area (Å²) in [7, 11) is 0. The molecule has 0 aliphatic heterocycles. The number of carbonyl (C=O) groups is 2. The van der Waals surface area contributed by atoms with Gasteiger partial charge in [-0.3, -0.25) is 9.59 Å². The minimum absolute atomic E-state index is 0. The monoisotopic (exact) mass is 484 g/mol. The fraction of sp³-hybridized carbons (Fsp3) is 0.429. The maximum Gasteiger partial charge on any atom is 2.00 e. The van der Waals surface area contributed by atoms with Crippen LogP contribution in [0.1, 0.15) is 64.0 Å². The van der Waals surface area contributed by atoms with Gasteiger partial charge >= 0.3 is 21.7 Å². The van der Waals surface area contributed by atoms with Gasteiger partial charge in [0.15, 0.2) is 0 Å². The topological polar surface area (TPSA) is 58.2 Å². The van der Waals surface area contributed by atoms with Crippen LogP contribution in [0.25, 0.3) is 0 Å². The number of rotatable bonds is 7. The van der Waals surface area contributed by atoms with Crippen LogP contribution in [0.3, 0.4) is 0 Å². The second kappa shape index (κ2) is 17.3. The zero-order valence-electron chi connectivity index (χ0n) is 20.4. The van der Waals surface area contributed by atoms with Crippen LogP contribution in [-0.4, -0.2) is 24.9 Å². The van der Waals surface area contributed by atoms with Crippen molar-refractivity contribution in [3.05, 3.63) is 85.6 Å². The van der Waals surface area contributed by atoms with Crippen LogP contribution in [0.4, 0.5) is 0 Å². The van der Waals surface area contributed by atoms with Crippen molar-refractivity contribution in [1.82, 2.24) is 10.6 Å². The molecule has 1 aliphatic carbocycles. The number of amides is 2. The first-order chi connectivity index (χ1) is 15.3. The molecule has 178 valence electrons. The maximum atomic E-state index is 10.8.